The molecule has 0 spiro atoms. The van der Waals surface area contributed by atoms with Crippen molar-refractivity contribution in [3.05, 3.63) is 18.3 Å². The summed E-state index contributed by atoms with van der Waals surface area (Å²) in [7, 11) is 1.59. The average Bonchev–Trinajstić information content (AvgIpc) is 2.18. The molecule has 1 aromatic rings. The second-order valence-corrected chi connectivity index (χ2v) is 3.15. The van der Waals surface area contributed by atoms with Crippen LogP contribution in [0.3, 0.4) is 0 Å². The Morgan fingerprint density at radius 1 is 1.57 bits per heavy atom. The van der Waals surface area contributed by atoms with Gasteiger partial charge < -0.3 is 15.2 Å². The molecule has 0 aliphatic heterocycles. The van der Waals surface area contributed by atoms with Gasteiger partial charge in [0.05, 0.1) is 25.1 Å². The SMILES string of the molecule is COc1ccc(NCCC(C)O)cn1. The highest BCUT2D eigenvalue weighted by Crippen LogP contribution is 2.10. The van der Waals surface area contributed by atoms with E-state index in [1.165, 1.54) is 0 Å². The molecular formula is C10H16N2O2. The van der Waals surface area contributed by atoms with Crippen molar-refractivity contribution in [1.29, 1.82) is 0 Å². The van der Waals surface area contributed by atoms with Crippen molar-refractivity contribution in [2.75, 3.05) is 19.0 Å². The van der Waals surface area contributed by atoms with Gasteiger partial charge in [0.1, 0.15) is 0 Å². The fourth-order valence-corrected chi connectivity index (χ4v) is 1.03. The molecule has 0 radical (unpaired) electrons. The van der Waals surface area contributed by atoms with E-state index in [0.717, 1.165) is 18.7 Å². The molecule has 0 fully saturated rings. The van der Waals surface area contributed by atoms with Crippen LogP contribution in [0.25, 0.3) is 0 Å². The van der Waals surface area contributed by atoms with Crippen molar-refractivity contribution in [2.24, 2.45) is 0 Å². The smallest absolute Gasteiger partial charge is 0.213 e. The van der Waals surface area contributed by atoms with Crippen molar-refractivity contribution in [3.63, 3.8) is 0 Å². The van der Waals surface area contributed by atoms with Crippen LogP contribution in [-0.2, 0) is 0 Å². The van der Waals surface area contributed by atoms with Crippen molar-refractivity contribution >= 4 is 5.69 Å². The molecule has 1 heterocycles. The lowest BCUT2D eigenvalue weighted by Gasteiger charge is -2.07. The van der Waals surface area contributed by atoms with Crippen LogP contribution < -0.4 is 10.1 Å². The summed E-state index contributed by atoms with van der Waals surface area (Å²) in [4.78, 5) is 4.05. The molecule has 0 aromatic carbocycles. The van der Waals surface area contributed by atoms with Gasteiger partial charge in [-0.3, -0.25) is 0 Å². The fourth-order valence-electron chi connectivity index (χ4n) is 1.03. The first-order chi connectivity index (χ1) is 6.72. The molecule has 0 bridgehead atoms. The number of aromatic nitrogens is 1. The molecule has 4 nitrogen and oxygen atoms in total. The van der Waals surface area contributed by atoms with Crippen LogP contribution in [0.4, 0.5) is 5.69 Å². The number of methoxy groups -OCH3 is 1. The van der Waals surface area contributed by atoms with Gasteiger partial charge in [0, 0.05) is 12.6 Å². The molecule has 4 heteroatoms. The zero-order valence-corrected chi connectivity index (χ0v) is 8.53. The third kappa shape index (κ3) is 3.62. The molecule has 1 aromatic heterocycles. The van der Waals surface area contributed by atoms with Crippen molar-refractivity contribution in [1.82, 2.24) is 4.98 Å². The molecule has 0 aliphatic carbocycles. The monoisotopic (exact) mass is 196 g/mol. The van der Waals surface area contributed by atoms with Crippen LogP contribution in [0, 0.1) is 0 Å². The van der Waals surface area contributed by atoms with Gasteiger partial charge in [0.2, 0.25) is 5.88 Å². The standard InChI is InChI=1S/C10H16N2O2/c1-8(13)5-6-11-9-3-4-10(14-2)12-7-9/h3-4,7-8,11,13H,5-6H2,1-2H3. The number of hydrogen-bond acceptors (Lipinski definition) is 4. The fraction of sp³-hybridized carbons (Fsp3) is 0.500. The van der Waals surface area contributed by atoms with Gasteiger partial charge in [0.15, 0.2) is 0 Å². The maximum atomic E-state index is 9.04. The summed E-state index contributed by atoms with van der Waals surface area (Å²) >= 11 is 0. The second-order valence-electron chi connectivity index (χ2n) is 3.15. The van der Waals surface area contributed by atoms with E-state index in [1.54, 1.807) is 26.3 Å². The summed E-state index contributed by atoms with van der Waals surface area (Å²) in [5.74, 6) is 0.603. The maximum Gasteiger partial charge on any atom is 0.213 e. The van der Waals surface area contributed by atoms with Gasteiger partial charge in [-0.2, -0.15) is 0 Å². The first-order valence-corrected chi connectivity index (χ1v) is 4.64. The first kappa shape index (κ1) is 10.8. The summed E-state index contributed by atoms with van der Waals surface area (Å²) in [5, 5.41) is 12.2. The average molecular weight is 196 g/mol. The van der Waals surface area contributed by atoms with Crippen molar-refractivity contribution in [3.8, 4) is 5.88 Å². The number of nitrogens with zero attached hydrogens (tertiary/aromatic N) is 1. The van der Waals surface area contributed by atoms with Crippen molar-refractivity contribution < 1.29 is 9.84 Å². The molecule has 2 N–H and O–H groups in total. The summed E-state index contributed by atoms with van der Waals surface area (Å²) < 4.78 is 4.93. The number of rotatable bonds is 5. The van der Waals surface area contributed by atoms with Crippen LogP contribution in [0.5, 0.6) is 5.88 Å². The van der Waals surface area contributed by atoms with Gasteiger partial charge in [-0.15, -0.1) is 0 Å². The van der Waals surface area contributed by atoms with Crippen molar-refractivity contribution in [2.45, 2.75) is 19.4 Å². The topological polar surface area (TPSA) is 54.4 Å². The number of aliphatic hydroxyl groups is 1. The molecule has 14 heavy (non-hydrogen) atoms. The van der Waals surface area contributed by atoms with Crippen LogP contribution >= 0.6 is 0 Å². The molecule has 0 amide bonds. The normalized spacial score (nSPS) is 12.2. The van der Waals surface area contributed by atoms with E-state index in [0.29, 0.717) is 5.88 Å². The van der Waals surface area contributed by atoms with E-state index >= 15 is 0 Å². The van der Waals surface area contributed by atoms with Crippen LogP contribution in [0.1, 0.15) is 13.3 Å². The van der Waals surface area contributed by atoms with E-state index in [1.807, 2.05) is 6.07 Å². The summed E-state index contributed by atoms with van der Waals surface area (Å²) in [6.07, 6.45) is 2.17. The highest BCUT2D eigenvalue weighted by molar-refractivity contribution is 5.41. The minimum absolute atomic E-state index is 0.270. The Morgan fingerprint density at radius 2 is 2.36 bits per heavy atom. The highest BCUT2D eigenvalue weighted by Gasteiger charge is 1.96. The molecule has 0 aliphatic rings. The zero-order chi connectivity index (χ0) is 10.4. The van der Waals surface area contributed by atoms with E-state index in [2.05, 4.69) is 10.3 Å². The number of hydrogen-bond donors (Lipinski definition) is 2. The molecule has 1 unspecified atom stereocenters. The highest BCUT2D eigenvalue weighted by atomic mass is 16.5. The van der Waals surface area contributed by atoms with E-state index in [9.17, 15) is 0 Å². The Kier molecular flexibility index (Phi) is 4.19. The number of nitrogens with one attached hydrogen (secondary N) is 1. The second kappa shape index (κ2) is 5.44. The molecule has 1 rings (SSSR count). The van der Waals surface area contributed by atoms with Crippen LogP contribution in [0.15, 0.2) is 18.3 Å². The van der Waals surface area contributed by atoms with Gasteiger partial charge in [-0.1, -0.05) is 0 Å². The Labute approximate surface area is 83.9 Å². The lowest BCUT2D eigenvalue weighted by atomic mass is 10.3. The van der Waals surface area contributed by atoms with E-state index in [-0.39, 0.29) is 6.10 Å². The molecule has 0 saturated carbocycles. The lowest BCUT2D eigenvalue weighted by molar-refractivity contribution is 0.189. The predicted octanol–water partition coefficient (Wildman–Crippen LogP) is 1.27. The quantitative estimate of drug-likeness (QED) is 0.744. The molecule has 0 saturated heterocycles. The summed E-state index contributed by atoms with van der Waals surface area (Å²) in [6.45, 7) is 2.51. The molecular weight excluding hydrogens is 180 g/mol. The number of aliphatic hydroxyl groups excluding tert-OH is 1. The van der Waals surface area contributed by atoms with E-state index in [4.69, 9.17) is 9.84 Å². The first-order valence-electron chi connectivity index (χ1n) is 4.64. The van der Waals surface area contributed by atoms with Gasteiger partial charge in [-0.25, -0.2) is 4.98 Å². The maximum absolute atomic E-state index is 9.04. The Morgan fingerprint density at radius 3 is 2.86 bits per heavy atom. The van der Waals surface area contributed by atoms with Gasteiger partial charge in [0.25, 0.3) is 0 Å². The van der Waals surface area contributed by atoms with Gasteiger partial charge >= 0.3 is 0 Å². The van der Waals surface area contributed by atoms with E-state index < -0.39 is 0 Å². The summed E-state index contributed by atoms with van der Waals surface area (Å²) in [6, 6.07) is 3.69. The third-order valence-corrected chi connectivity index (χ3v) is 1.84. The van der Waals surface area contributed by atoms with Gasteiger partial charge in [-0.05, 0) is 19.4 Å². The molecule has 1 atom stereocenters. The third-order valence-electron chi connectivity index (χ3n) is 1.84. The minimum Gasteiger partial charge on any atom is -0.481 e. The number of pyridine rings is 1. The van der Waals surface area contributed by atoms with Crippen LogP contribution in [-0.4, -0.2) is 29.8 Å². The molecule has 78 valence electrons. The zero-order valence-electron chi connectivity index (χ0n) is 8.53. The summed E-state index contributed by atoms with van der Waals surface area (Å²) in [5.41, 5.74) is 0.937. The minimum atomic E-state index is -0.270. The number of anilines is 1. The Balaban J connectivity index is 2.36. The Hall–Kier alpha value is -1.29. The predicted molar refractivity (Wildman–Crippen MR) is 55.6 cm³/mol. The largest absolute Gasteiger partial charge is 0.481 e. The lowest BCUT2D eigenvalue weighted by Crippen LogP contribution is -2.09. The van der Waals surface area contributed by atoms with Crippen LogP contribution in [0.2, 0.25) is 0 Å². The Bertz CT molecular complexity index is 259. The number of ether oxygens (including phenoxy) is 1.